The molecule has 1 saturated heterocycles. The molecule has 0 radical (unpaired) electrons. The normalized spacial score (nSPS) is 15.3. The first-order valence-corrected chi connectivity index (χ1v) is 11.9. The van der Waals surface area contributed by atoms with Crippen molar-refractivity contribution in [2.24, 2.45) is 0 Å². The lowest BCUT2D eigenvalue weighted by atomic mass is 9.96. The molecule has 1 atom stereocenters. The van der Waals surface area contributed by atoms with Gasteiger partial charge in [0.15, 0.2) is 5.60 Å². The van der Waals surface area contributed by atoms with Crippen LogP contribution in [0.15, 0.2) is 30.5 Å². The Balaban J connectivity index is 0.000000317. The molecule has 204 valence electrons. The third-order valence-corrected chi connectivity index (χ3v) is 6.02. The van der Waals surface area contributed by atoms with Gasteiger partial charge < -0.3 is 25.2 Å². The van der Waals surface area contributed by atoms with Crippen LogP contribution >= 0.6 is 0 Å². The number of benzene rings is 1. The first kappa shape index (κ1) is 29.9. The molecule has 11 nitrogen and oxygen atoms in total. The second-order valence-corrected chi connectivity index (χ2v) is 8.94. The zero-order valence-electron chi connectivity index (χ0n) is 21.0. The van der Waals surface area contributed by atoms with Gasteiger partial charge in [-0.1, -0.05) is 18.2 Å². The molecule has 1 fully saturated rings. The second kappa shape index (κ2) is 13.8. The third-order valence-electron chi connectivity index (χ3n) is 6.02. The first-order chi connectivity index (χ1) is 17.4. The average molecular weight is 524 g/mol. The molecule has 2 heterocycles. The van der Waals surface area contributed by atoms with Crippen LogP contribution in [0.4, 0.5) is 4.39 Å². The van der Waals surface area contributed by atoms with Crippen molar-refractivity contribution < 1.29 is 43.9 Å². The molecular formula is C25H34FN3O8. The van der Waals surface area contributed by atoms with E-state index in [2.05, 4.69) is 23.8 Å². The molecule has 0 saturated carbocycles. The van der Waals surface area contributed by atoms with Crippen molar-refractivity contribution in [1.82, 2.24) is 14.7 Å². The Kier molecular flexibility index (Phi) is 11.2. The van der Waals surface area contributed by atoms with Crippen molar-refractivity contribution in [1.29, 1.82) is 0 Å². The van der Waals surface area contributed by atoms with E-state index in [4.69, 9.17) is 25.2 Å². The topological polar surface area (TPSA) is 162 Å². The van der Waals surface area contributed by atoms with E-state index in [9.17, 15) is 18.8 Å². The molecule has 0 aliphatic carbocycles. The summed E-state index contributed by atoms with van der Waals surface area (Å²) in [4.78, 5) is 32.8. The molecule has 1 aliphatic heterocycles. The highest BCUT2D eigenvalue weighted by atomic mass is 19.1. The average Bonchev–Trinajstić information content (AvgIpc) is 3.44. The van der Waals surface area contributed by atoms with Crippen LogP contribution in [0.25, 0.3) is 0 Å². The van der Waals surface area contributed by atoms with Crippen molar-refractivity contribution in [2.45, 2.75) is 70.9 Å². The number of hydrogen-bond acceptors (Lipinski definition) is 7. The van der Waals surface area contributed by atoms with E-state index in [-0.39, 0.29) is 11.9 Å². The Morgan fingerprint density at radius 3 is 2.24 bits per heavy atom. The molecule has 3 rings (SSSR count). The fraction of sp³-hybridized carbons (Fsp3) is 0.520. The molecule has 2 aromatic rings. The Morgan fingerprint density at radius 1 is 1.14 bits per heavy atom. The van der Waals surface area contributed by atoms with E-state index in [0.717, 1.165) is 44.6 Å². The summed E-state index contributed by atoms with van der Waals surface area (Å²) in [5, 5.41) is 38.2. The summed E-state index contributed by atoms with van der Waals surface area (Å²) in [5.41, 5.74) is 0.378. The van der Waals surface area contributed by atoms with Gasteiger partial charge in [-0.15, -0.1) is 0 Å². The van der Waals surface area contributed by atoms with E-state index < -0.39 is 36.4 Å². The Bertz CT molecular complexity index is 1050. The minimum Gasteiger partial charge on any atom is -0.481 e. The second-order valence-electron chi connectivity index (χ2n) is 8.94. The summed E-state index contributed by atoms with van der Waals surface area (Å²) in [6, 6.07) is 7.02. The maximum Gasteiger partial charge on any atom is 0.336 e. The summed E-state index contributed by atoms with van der Waals surface area (Å²) >= 11 is 0. The maximum atomic E-state index is 14.1. The van der Waals surface area contributed by atoms with Gasteiger partial charge in [0, 0.05) is 49.6 Å². The van der Waals surface area contributed by atoms with Gasteiger partial charge >= 0.3 is 17.9 Å². The SMILES string of the molecule is CCn1ncc(CN(Cc2ccccc2F)CC2CCCO2)c1C.O=C(O)CC(O)(CC(=O)O)C(=O)O. The number of carboxylic acid groups (broad SMARTS) is 3. The van der Waals surface area contributed by atoms with Crippen LogP contribution in [-0.4, -0.2) is 77.9 Å². The fourth-order valence-corrected chi connectivity index (χ4v) is 4.04. The van der Waals surface area contributed by atoms with Gasteiger partial charge in [-0.05, 0) is 32.8 Å². The molecule has 0 amide bonds. The minimum atomic E-state index is -2.74. The van der Waals surface area contributed by atoms with E-state index in [0.29, 0.717) is 6.54 Å². The summed E-state index contributed by atoms with van der Waals surface area (Å²) in [6.45, 7) is 8.07. The summed E-state index contributed by atoms with van der Waals surface area (Å²) in [5.74, 6) is -5.16. The number of ether oxygens (including phenoxy) is 1. The molecule has 1 aromatic carbocycles. The number of carbonyl (C=O) groups is 3. The largest absolute Gasteiger partial charge is 0.481 e. The molecule has 1 aliphatic rings. The third kappa shape index (κ3) is 9.23. The highest BCUT2D eigenvalue weighted by Gasteiger charge is 2.40. The van der Waals surface area contributed by atoms with E-state index in [1.54, 1.807) is 6.07 Å². The molecular weight excluding hydrogens is 489 g/mol. The molecule has 12 heteroatoms. The number of aliphatic hydroxyl groups is 1. The van der Waals surface area contributed by atoms with Crippen LogP contribution in [0.5, 0.6) is 0 Å². The van der Waals surface area contributed by atoms with Crippen LogP contribution in [-0.2, 0) is 38.8 Å². The van der Waals surface area contributed by atoms with Gasteiger partial charge in [0.2, 0.25) is 0 Å². The summed E-state index contributed by atoms with van der Waals surface area (Å²) < 4.78 is 21.9. The Hall–Kier alpha value is -3.35. The fourth-order valence-electron chi connectivity index (χ4n) is 4.04. The number of hydrogen-bond donors (Lipinski definition) is 4. The highest BCUT2D eigenvalue weighted by molar-refractivity contribution is 5.88. The van der Waals surface area contributed by atoms with Crippen LogP contribution in [0, 0.1) is 12.7 Å². The first-order valence-electron chi connectivity index (χ1n) is 11.9. The zero-order chi connectivity index (χ0) is 27.6. The van der Waals surface area contributed by atoms with Crippen LogP contribution in [0.2, 0.25) is 0 Å². The van der Waals surface area contributed by atoms with Gasteiger partial charge in [-0.3, -0.25) is 19.2 Å². The highest BCUT2D eigenvalue weighted by Crippen LogP contribution is 2.20. The van der Waals surface area contributed by atoms with Gasteiger partial charge in [0.05, 0.1) is 25.1 Å². The lowest BCUT2D eigenvalue weighted by molar-refractivity contribution is -0.170. The lowest BCUT2D eigenvalue weighted by Crippen LogP contribution is -2.42. The molecule has 1 unspecified atom stereocenters. The standard InChI is InChI=1S/C19H26FN3O.C6H8O7/c1-3-23-15(2)17(11-21-23)13-22(14-18-8-6-10-24-18)12-16-7-4-5-9-19(16)20;7-3(8)1-6(13,5(11)12)2-4(9)10/h4-5,7,9,11,18H,3,6,8,10,12-14H2,1-2H3;13H,1-2H2,(H,7,8)(H,9,10)(H,11,12). The van der Waals surface area contributed by atoms with Crippen LogP contribution in [0.3, 0.4) is 0 Å². The van der Waals surface area contributed by atoms with Gasteiger partial charge in [-0.2, -0.15) is 5.10 Å². The van der Waals surface area contributed by atoms with Gasteiger partial charge in [-0.25, -0.2) is 9.18 Å². The lowest BCUT2D eigenvalue weighted by Gasteiger charge is -2.25. The predicted molar refractivity (Wildman–Crippen MR) is 129 cm³/mol. The van der Waals surface area contributed by atoms with Crippen molar-refractivity contribution in [3.8, 4) is 0 Å². The van der Waals surface area contributed by atoms with Crippen molar-refractivity contribution in [2.75, 3.05) is 13.2 Å². The summed E-state index contributed by atoms with van der Waals surface area (Å²) in [7, 11) is 0. The van der Waals surface area contributed by atoms with Crippen molar-refractivity contribution in [3.63, 3.8) is 0 Å². The minimum absolute atomic E-state index is 0.143. The maximum absolute atomic E-state index is 14.1. The van der Waals surface area contributed by atoms with Crippen molar-refractivity contribution in [3.05, 3.63) is 53.1 Å². The Labute approximate surface area is 214 Å². The van der Waals surface area contributed by atoms with Gasteiger partial charge in [0.25, 0.3) is 0 Å². The number of halogens is 1. The van der Waals surface area contributed by atoms with Gasteiger partial charge in [0.1, 0.15) is 5.82 Å². The van der Waals surface area contributed by atoms with E-state index in [1.807, 2.05) is 23.0 Å². The monoisotopic (exact) mass is 523 g/mol. The number of nitrogens with zero attached hydrogens (tertiary/aromatic N) is 3. The Morgan fingerprint density at radius 2 is 1.76 bits per heavy atom. The van der Waals surface area contributed by atoms with E-state index >= 15 is 0 Å². The number of rotatable bonds is 12. The smallest absolute Gasteiger partial charge is 0.336 e. The molecule has 1 aromatic heterocycles. The molecule has 0 spiro atoms. The number of carboxylic acids is 3. The number of aryl methyl sites for hydroxylation is 1. The van der Waals surface area contributed by atoms with Crippen molar-refractivity contribution >= 4 is 17.9 Å². The molecule has 0 bridgehead atoms. The number of aliphatic carboxylic acids is 3. The summed E-state index contributed by atoms with van der Waals surface area (Å²) in [6.07, 6.45) is 2.09. The quantitative estimate of drug-likeness (QED) is 0.325. The molecule has 37 heavy (non-hydrogen) atoms. The predicted octanol–water partition coefficient (Wildman–Crippen LogP) is 2.28. The van der Waals surface area contributed by atoms with Crippen LogP contribution < -0.4 is 0 Å². The molecule has 4 N–H and O–H groups in total. The zero-order valence-corrected chi connectivity index (χ0v) is 21.0. The number of aromatic nitrogens is 2. The van der Waals surface area contributed by atoms with Crippen LogP contribution in [0.1, 0.15) is 49.4 Å². The van der Waals surface area contributed by atoms with E-state index in [1.165, 1.54) is 17.3 Å².